The fourth-order valence-corrected chi connectivity index (χ4v) is 4.49. The summed E-state index contributed by atoms with van der Waals surface area (Å²) in [5.41, 5.74) is 0. The summed E-state index contributed by atoms with van der Waals surface area (Å²) in [6.07, 6.45) is 7.40. The summed E-state index contributed by atoms with van der Waals surface area (Å²) < 4.78 is 27.8. The molecule has 0 saturated heterocycles. The molecule has 0 N–H and O–H groups in total. The quantitative estimate of drug-likeness (QED) is 0.432. The number of rotatable bonds is 11. The molecule has 1 unspecified atom stereocenters. The van der Waals surface area contributed by atoms with Gasteiger partial charge < -0.3 is 0 Å². The Morgan fingerprint density at radius 2 is 1.53 bits per heavy atom. The molecule has 0 fully saturated rings. The van der Waals surface area contributed by atoms with Crippen LogP contribution in [0.3, 0.4) is 0 Å². The summed E-state index contributed by atoms with van der Waals surface area (Å²) in [6.45, 7) is 5.82. The molecule has 0 saturated carbocycles. The second-order valence-corrected chi connectivity index (χ2v) is 8.22. The highest BCUT2D eigenvalue weighted by Crippen LogP contribution is 2.11. The average molecular weight is 283 g/mol. The molecule has 0 aromatic heterocycles. The van der Waals surface area contributed by atoms with Crippen LogP contribution in [0.5, 0.6) is 0 Å². The number of hydrogen-bond acceptors (Lipinski definition) is 3. The molecule has 0 bridgehead atoms. The first-order valence-electron chi connectivity index (χ1n) is 6.65. The minimum Gasteiger partial charge on any atom is -0.195 e. The molecule has 0 spiro atoms. The zero-order chi connectivity index (χ0) is 13.1. The molecule has 0 aromatic rings. The summed E-state index contributed by atoms with van der Waals surface area (Å²) in [4.78, 5) is 0. The van der Waals surface area contributed by atoms with Crippen molar-refractivity contribution in [3.8, 4) is 0 Å². The van der Waals surface area contributed by atoms with E-state index in [0.717, 1.165) is 17.9 Å². The van der Waals surface area contributed by atoms with Crippen LogP contribution in [-0.4, -0.2) is 25.7 Å². The maximum absolute atomic E-state index is 11.3. The Kier molecular flexibility index (Phi) is 10.4. The molecule has 5 heteroatoms. The lowest BCUT2D eigenvalue weighted by molar-refractivity contribution is 0.512. The van der Waals surface area contributed by atoms with Gasteiger partial charge >= 0.3 is 10.1 Å². The predicted molar refractivity (Wildman–Crippen MR) is 76.7 cm³/mol. The smallest absolute Gasteiger partial charge is 0.195 e. The summed E-state index contributed by atoms with van der Waals surface area (Å²) >= 11 is -0.396. The van der Waals surface area contributed by atoms with Crippen LogP contribution in [0.15, 0.2) is 0 Å². The van der Waals surface area contributed by atoms with Gasteiger partial charge in [0.15, 0.2) is 11.2 Å². The van der Waals surface area contributed by atoms with E-state index < -0.39 is 21.3 Å². The molecule has 3 nitrogen and oxygen atoms in total. The molecule has 0 aliphatic heterocycles. The Bertz CT molecular complexity index is 263. The normalized spacial score (nSPS) is 13.8. The van der Waals surface area contributed by atoms with Crippen molar-refractivity contribution in [1.29, 1.82) is 0 Å². The second kappa shape index (κ2) is 10.2. The van der Waals surface area contributed by atoms with Crippen LogP contribution in [-0.2, 0) is 24.9 Å². The van der Waals surface area contributed by atoms with Crippen molar-refractivity contribution < 1.29 is 12.0 Å². The van der Waals surface area contributed by atoms with Crippen molar-refractivity contribution in [1.82, 2.24) is 0 Å². The van der Waals surface area contributed by atoms with Gasteiger partial charge in [0.2, 0.25) is 0 Å². The summed E-state index contributed by atoms with van der Waals surface area (Å²) in [5, 5.41) is 0. The Labute approximate surface area is 110 Å². The van der Waals surface area contributed by atoms with E-state index in [1.54, 1.807) is 6.92 Å². The number of unbranched alkanes of at least 4 members (excludes halogenated alkanes) is 5. The maximum Gasteiger partial charge on any atom is 0.310 e. The zero-order valence-corrected chi connectivity index (χ0v) is 13.0. The van der Waals surface area contributed by atoms with E-state index in [0.29, 0.717) is 0 Å². The largest absolute Gasteiger partial charge is 0.310 e. The molecule has 0 aromatic carbocycles. The standard InChI is InChI=1S/C12H27O3S2/c1-4-7-8-9-10-11-12-16(5-2)15-17(13,14)6-3/h4-12H2,1-3H3/q+1. The lowest BCUT2D eigenvalue weighted by Gasteiger charge is -2.04. The molecule has 0 amide bonds. The zero-order valence-electron chi connectivity index (χ0n) is 11.4. The van der Waals surface area contributed by atoms with Crippen molar-refractivity contribution >= 4 is 21.3 Å². The van der Waals surface area contributed by atoms with Crippen molar-refractivity contribution in [3.63, 3.8) is 0 Å². The van der Waals surface area contributed by atoms with Crippen LogP contribution < -0.4 is 0 Å². The van der Waals surface area contributed by atoms with E-state index in [1.807, 2.05) is 6.92 Å². The van der Waals surface area contributed by atoms with Crippen molar-refractivity contribution in [2.75, 3.05) is 17.3 Å². The fraction of sp³-hybridized carbons (Fsp3) is 1.00. The van der Waals surface area contributed by atoms with Crippen LogP contribution in [0.2, 0.25) is 0 Å². The third kappa shape index (κ3) is 9.92. The molecule has 0 radical (unpaired) electrons. The highest BCUT2D eigenvalue weighted by atomic mass is 32.3. The molecule has 0 aliphatic carbocycles. The first kappa shape index (κ1) is 17.3. The molecule has 104 valence electrons. The topological polar surface area (TPSA) is 43.4 Å². The van der Waals surface area contributed by atoms with Gasteiger partial charge in [-0.3, -0.25) is 0 Å². The van der Waals surface area contributed by atoms with Crippen LogP contribution in [0.1, 0.15) is 59.3 Å². The van der Waals surface area contributed by atoms with Gasteiger partial charge in [0, 0.05) is 0 Å². The van der Waals surface area contributed by atoms with Gasteiger partial charge in [-0.05, 0) is 30.3 Å². The third-order valence-corrected chi connectivity index (χ3v) is 6.30. The van der Waals surface area contributed by atoms with E-state index >= 15 is 0 Å². The Hall–Kier alpha value is 0.260. The molecule has 0 aliphatic rings. The van der Waals surface area contributed by atoms with Gasteiger partial charge in [-0.1, -0.05) is 32.6 Å². The van der Waals surface area contributed by atoms with Crippen LogP contribution in [0.4, 0.5) is 0 Å². The SMILES string of the molecule is CCCCCCCC[S+](CC)OS(=O)(=O)CC. The minimum atomic E-state index is -3.27. The highest BCUT2D eigenvalue weighted by Gasteiger charge is 2.25. The first-order valence-corrected chi connectivity index (χ1v) is 9.72. The highest BCUT2D eigenvalue weighted by molar-refractivity contribution is 8.02. The average Bonchev–Trinajstić information content (AvgIpc) is 2.32. The van der Waals surface area contributed by atoms with Gasteiger partial charge in [-0.15, -0.1) is 0 Å². The third-order valence-electron chi connectivity index (χ3n) is 2.60. The Morgan fingerprint density at radius 3 is 2.06 bits per heavy atom. The van der Waals surface area contributed by atoms with Crippen molar-refractivity contribution in [2.24, 2.45) is 0 Å². The summed E-state index contributed by atoms with van der Waals surface area (Å²) in [6, 6.07) is 0. The minimum absolute atomic E-state index is 0.0764. The van der Waals surface area contributed by atoms with Crippen molar-refractivity contribution in [2.45, 2.75) is 59.3 Å². The van der Waals surface area contributed by atoms with E-state index in [-0.39, 0.29) is 5.75 Å². The van der Waals surface area contributed by atoms with Crippen LogP contribution in [0.25, 0.3) is 0 Å². The number of hydrogen-bond donors (Lipinski definition) is 0. The molecule has 17 heavy (non-hydrogen) atoms. The van der Waals surface area contributed by atoms with E-state index in [4.69, 9.17) is 3.63 Å². The van der Waals surface area contributed by atoms with Gasteiger partial charge in [0.25, 0.3) is 0 Å². The Balaban J connectivity index is 3.69. The van der Waals surface area contributed by atoms with Gasteiger partial charge in [0.05, 0.1) is 5.75 Å². The molecular weight excluding hydrogens is 256 g/mol. The van der Waals surface area contributed by atoms with Crippen molar-refractivity contribution in [3.05, 3.63) is 0 Å². The molecule has 1 atom stereocenters. The van der Waals surface area contributed by atoms with Gasteiger partial charge in [-0.25, -0.2) is 0 Å². The van der Waals surface area contributed by atoms with Gasteiger partial charge in [0.1, 0.15) is 11.5 Å². The fourth-order valence-electron chi connectivity index (χ4n) is 1.46. The van der Waals surface area contributed by atoms with E-state index in [2.05, 4.69) is 6.92 Å². The molecule has 0 rings (SSSR count). The van der Waals surface area contributed by atoms with Gasteiger partial charge in [-0.2, -0.15) is 8.42 Å². The first-order chi connectivity index (χ1) is 8.05. The van der Waals surface area contributed by atoms with E-state index in [1.165, 1.54) is 32.1 Å². The Morgan fingerprint density at radius 1 is 0.941 bits per heavy atom. The predicted octanol–water partition coefficient (Wildman–Crippen LogP) is 3.27. The lowest BCUT2D eigenvalue weighted by atomic mass is 10.1. The second-order valence-electron chi connectivity index (χ2n) is 4.11. The summed E-state index contributed by atoms with van der Waals surface area (Å²) in [5.74, 6) is 1.77. The lowest BCUT2D eigenvalue weighted by Crippen LogP contribution is -2.20. The van der Waals surface area contributed by atoms with E-state index in [9.17, 15) is 8.42 Å². The van der Waals surface area contributed by atoms with Crippen LogP contribution >= 0.6 is 0 Å². The van der Waals surface area contributed by atoms with Crippen LogP contribution in [0, 0.1) is 0 Å². The molecule has 0 heterocycles. The molecular formula is C12H27O3S2+. The monoisotopic (exact) mass is 283 g/mol. The maximum atomic E-state index is 11.3. The summed E-state index contributed by atoms with van der Waals surface area (Å²) in [7, 11) is -3.27.